The summed E-state index contributed by atoms with van der Waals surface area (Å²) in [6, 6.07) is -1.24. The van der Waals surface area contributed by atoms with Crippen LogP contribution in [-0.2, 0) is 28.8 Å². The second-order valence-corrected chi connectivity index (χ2v) is 3.94. The molecule has 0 spiro atoms. The van der Waals surface area contributed by atoms with E-state index >= 15 is 0 Å². The van der Waals surface area contributed by atoms with Gasteiger partial charge < -0.3 is 4.84 Å². The Morgan fingerprint density at radius 2 is 1.84 bits per heavy atom. The molecule has 0 aliphatic carbocycles. The Kier molecular flexibility index (Phi) is 3.16. The molecule has 1 unspecified atom stereocenters. The highest BCUT2D eigenvalue weighted by Crippen LogP contribution is 2.22. The van der Waals surface area contributed by atoms with Crippen LogP contribution in [0.15, 0.2) is 12.2 Å². The number of carbonyl (C=O) groups excluding carboxylic acids is 5. The molecule has 0 N–H and O–H groups in total. The molecule has 2 heterocycles. The van der Waals surface area contributed by atoms with Gasteiger partial charge in [-0.3, -0.25) is 24.1 Å². The van der Waals surface area contributed by atoms with Crippen LogP contribution in [0.4, 0.5) is 0 Å². The molecule has 0 saturated carbocycles. The maximum absolute atomic E-state index is 11.9. The summed E-state index contributed by atoms with van der Waals surface area (Å²) in [7, 11) is 0. The van der Waals surface area contributed by atoms with Crippen LogP contribution in [0.2, 0.25) is 0 Å². The molecule has 19 heavy (non-hydrogen) atoms. The Morgan fingerprint density at radius 1 is 1.26 bits per heavy atom. The third-order valence-electron chi connectivity index (χ3n) is 2.72. The van der Waals surface area contributed by atoms with Crippen LogP contribution in [0.1, 0.15) is 19.8 Å². The van der Waals surface area contributed by atoms with Gasteiger partial charge in [0.2, 0.25) is 0 Å². The molecule has 0 bridgehead atoms. The number of hydrogen-bond acceptors (Lipinski definition) is 6. The van der Waals surface area contributed by atoms with Crippen LogP contribution in [0.5, 0.6) is 0 Å². The maximum Gasteiger partial charge on any atom is 0.332 e. The zero-order valence-corrected chi connectivity index (χ0v) is 9.99. The zero-order chi connectivity index (χ0) is 14.2. The summed E-state index contributed by atoms with van der Waals surface area (Å²) in [4.78, 5) is 62.7. The summed E-state index contributed by atoms with van der Waals surface area (Å²) < 4.78 is 0. The standard InChI is InChI=1S/C11H10N2O6/c1-2-10(17)19-13-9(16)5-6(11(13)18)12-7(14)3-4-8(12)15/h3-4,6H,2,5H2,1H3. The van der Waals surface area contributed by atoms with E-state index in [1.54, 1.807) is 0 Å². The summed E-state index contributed by atoms with van der Waals surface area (Å²) >= 11 is 0. The molecule has 0 aromatic heterocycles. The highest BCUT2D eigenvalue weighted by Gasteiger charge is 2.48. The van der Waals surface area contributed by atoms with Crippen LogP contribution in [0, 0.1) is 0 Å². The quantitative estimate of drug-likeness (QED) is 0.601. The molecule has 8 nitrogen and oxygen atoms in total. The van der Waals surface area contributed by atoms with Crippen molar-refractivity contribution in [2.45, 2.75) is 25.8 Å². The van der Waals surface area contributed by atoms with Gasteiger partial charge in [0.15, 0.2) is 0 Å². The average Bonchev–Trinajstić information content (AvgIpc) is 2.83. The van der Waals surface area contributed by atoms with Crippen LogP contribution >= 0.6 is 0 Å². The van der Waals surface area contributed by atoms with Gasteiger partial charge >= 0.3 is 5.97 Å². The molecule has 0 radical (unpaired) electrons. The van der Waals surface area contributed by atoms with Crippen LogP contribution in [-0.4, -0.2) is 45.6 Å². The lowest BCUT2D eigenvalue weighted by Gasteiger charge is -2.19. The highest BCUT2D eigenvalue weighted by molar-refractivity contribution is 6.17. The summed E-state index contributed by atoms with van der Waals surface area (Å²) in [5, 5.41) is 0.315. The largest absolute Gasteiger partial charge is 0.332 e. The first-order valence-electron chi connectivity index (χ1n) is 5.58. The third-order valence-corrected chi connectivity index (χ3v) is 2.72. The monoisotopic (exact) mass is 266 g/mol. The lowest BCUT2D eigenvalue weighted by molar-refractivity contribution is -0.198. The number of hydroxylamine groups is 2. The SMILES string of the molecule is CCC(=O)ON1C(=O)CC(N2C(=O)C=CC2=O)C1=O. The molecule has 8 heteroatoms. The van der Waals surface area contributed by atoms with Crippen molar-refractivity contribution in [3.05, 3.63) is 12.2 Å². The summed E-state index contributed by atoms with van der Waals surface area (Å²) in [6.45, 7) is 1.50. The van der Waals surface area contributed by atoms with Gasteiger partial charge in [0.05, 0.1) is 6.42 Å². The molecule has 2 aliphatic heterocycles. The minimum absolute atomic E-state index is 0.00907. The number of carbonyl (C=O) groups is 5. The van der Waals surface area contributed by atoms with Crippen molar-refractivity contribution in [2.24, 2.45) is 0 Å². The van der Waals surface area contributed by atoms with Crippen LogP contribution in [0.25, 0.3) is 0 Å². The molecule has 2 aliphatic rings. The summed E-state index contributed by atoms with van der Waals surface area (Å²) in [5.41, 5.74) is 0. The van der Waals surface area contributed by atoms with Gasteiger partial charge in [0, 0.05) is 18.6 Å². The number of amides is 4. The van der Waals surface area contributed by atoms with Crippen molar-refractivity contribution in [2.75, 3.05) is 0 Å². The van der Waals surface area contributed by atoms with E-state index in [-0.39, 0.29) is 12.8 Å². The maximum atomic E-state index is 11.9. The molecule has 1 atom stereocenters. The lowest BCUT2D eigenvalue weighted by Crippen LogP contribution is -2.45. The van der Waals surface area contributed by atoms with Gasteiger partial charge in [0.1, 0.15) is 6.04 Å². The molecule has 100 valence electrons. The normalized spacial score (nSPS) is 22.7. The summed E-state index contributed by atoms with van der Waals surface area (Å²) in [6.07, 6.45) is 1.64. The van der Waals surface area contributed by atoms with Gasteiger partial charge in [-0.05, 0) is 0 Å². The molecular formula is C11H10N2O6. The Bertz CT molecular complexity index is 505. The molecule has 1 fully saturated rings. The van der Waals surface area contributed by atoms with Crippen LogP contribution in [0.3, 0.4) is 0 Å². The van der Waals surface area contributed by atoms with E-state index in [1.165, 1.54) is 6.92 Å². The fraction of sp³-hybridized carbons (Fsp3) is 0.364. The van der Waals surface area contributed by atoms with Crippen molar-refractivity contribution >= 4 is 29.6 Å². The van der Waals surface area contributed by atoms with E-state index in [9.17, 15) is 24.0 Å². The Balaban J connectivity index is 2.16. The van der Waals surface area contributed by atoms with Crippen molar-refractivity contribution in [3.63, 3.8) is 0 Å². The minimum Gasteiger partial charge on any atom is -0.330 e. The second-order valence-electron chi connectivity index (χ2n) is 3.94. The Hall–Kier alpha value is -2.51. The second kappa shape index (κ2) is 4.63. The zero-order valence-electron chi connectivity index (χ0n) is 9.99. The van der Waals surface area contributed by atoms with Crippen molar-refractivity contribution in [3.8, 4) is 0 Å². The van der Waals surface area contributed by atoms with E-state index in [2.05, 4.69) is 4.84 Å². The predicted molar refractivity (Wildman–Crippen MR) is 57.6 cm³/mol. The van der Waals surface area contributed by atoms with E-state index < -0.39 is 35.6 Å². The Labute approximate surface area is 107 Å². The van der Waals surface area contributed by atoms with Gasteiger partial charge in [-0.25, -0.2) is 4.79 Å². The molecular weight excluding hydrogens is 256 g/mol. The number of imide groups is 2. The van der Waals surface area contributed by atoms with Crippen molar-refractivity contribution in [1.82, 2.24) is 9.96 Å². The Morgan fingerprint density at radius 3 is 2.37 bits per heavy atom. The molecule has 0 aromatic rings. The molecule has 2 rings (SSSR count). The molecule has 0 aromatic carbocycles. The average molecular weight is 266 g/mol. The van der Waals surface area contributed by atoms with Crippen LogP contribution < -0.4 is 0 Å². The first-order valence-corrected chi connectivity index (χ1v) is 5.58. The lowest BCUT2D eigenvalue weighted by atomic mass is 10.2. The van der Waals surface area contributed by atoms with Crippen molar-refractivity contribution < 1.29 is 28.8 Å². The van der Waals surface area contributed by atoms with E-state index in [1.807, 2.05) is 0 Å². The van der Waals surface area contributed by atoms with Gasteiger partial charge in [-0.1, -0.05) is 6.92 Å². The van der Waals surface area contributed by atoms with Gasteiger partial charge in [-0.15, -0.1) is 5.06 Å². The predicted octanol–water partition coefficient (Wildman–Crippen LogP) is -1.09. The fourth-order valence-corrected chi connectivity index (χ4v) is 1.78. The third kappa shape index (κ3) is 2.12. The number of nitrogens with zero attached hydrogens (tertiary/aromatic N) is 2. The van der Waals surface area contributed by atoms with E-state index in [0.717, 1.165) is 12.2 Å². The first kappa shape index (κ1) is 12.9. The minimum atomic E-state index is -1.24. The van der Waals surface area contributed by atoms with E-state index in [0.29, 0.717) is 9.96 Å². The molecule has 1 saturated heterocycles. The van der Waals surface area contributed by atoms with E-state index in [4.69, 9.17) is 0 Å². The van der Waals surface area contributed by atoms with Gasteiger partial charge in [0.25, 0.3) is 23.6 Å². The number of hydrogen-bond donors (Lipinski definition) is 0. The first-order chi connectivity index (χ1) is 8.95. The smallest absolute Gasteiger partial charge is 0.330 e. The fourth-order valence-electron chi connectivity index (χ4n) is 1.78. The topological polar surface area (TPSA) is 101 Å². The number of rotatable bonds is 3. The molecule has 4 amide bonds. The van der Waals surface area contributed by atoms with Crippen molar-refractivity contribution in [1.29, 1.82) is 0 Å². The van der Waals surface area contributed by atoms with Gasteiger partial charge in [-0.2, -0.15) is 0 Å². The highest BCUT2D eigenvalue weighted by atomic mass is 16.7. The summed E-state index contributed by atoms with van der Waals surface area (Å²) in [5.74, 6) is -3.74.